The fourth-order valence-corrected chi connectivity index (χ4v) is 1.00. The molecular weight excluding hydrogens is 166 g/mol. The minimum absolute atomic E-state index is 0.143. The Bertz CT molecular complexity index is 137. The first kappa shape index (κ1) is 12.4. The monoisotopic (exact) mass is 187 g/mol. The molecule has 0 saturated carbocycles. The summed E-state index contributed by atoms with van der Waals surface area (Å²) < 4.78 is 5.03. The van der Waals surface area contributed by atoms with Gasteiger partial charge in [-0.15, -0.1) is 0 Å². The van der Waals surface area contributed by atoms with Crippen LogP contribution in [-0.4, -0.2) is 18.7 Å². The van der Waals surface area contributed by atoms with Gasteiger partial charge in [-0.3, -0.25) is 10.1 Å². The predicted molar refractivity (Wildman–Crippen MR) is 53.4 cm³/mol. The van der Waals surface area contributed by atoms with Gasteiger partial charge in [0.25, 0.3) is 0 Å². The van der Waals surface area contributed by atoms with Crippen LogP contribution in [0.3, 0.4) is 0 Å². The normalized spacial score (nSPS) is 12.5. The summed E-state index contributed by atoms with van der Waals surface area (Å²) in [5.74, 6) is -0.143. The molecule has 1 atom stereocenters. The van der Waals surface area contributed by atoms with Gasteiger partial charge in [0, 0.05) is 6.42 Å². The van der Waals surface area contributed by atoms with Gasteiger partial charge in [-0.2, -0.15) is 0 Å². The number of nitrogens with one attached hydrogen (secondary N) is 1. The van der Waals surface area contributed by atoms with E-state index in [1.54, 1.807) is 6.92 Å². The highest BCUT2D eigenvalue weighted by atomic mass is 16.6. The largest absolute Gasteiger partial charge is 0.447 e. The molecule has 0 aromatic rings. The number of carbonyl (C=O) groups excluding carboxylic acids is 1. The summed E-state index contributed by atoms with van der Waals surface area (Å²) in [5.41, 5.74) is 0. The summed E-state index contributed by atoms with van der Waals surface area (Å²) in [4.78, 5) is 10.8. The number of ether oxygens (including phenoxy) is 1. The fraction of sp³-hybridized carbons (Fsp3) is 0.900. The fourth-order valence-electron chi connectivity index (χ4n) is 1.00. The summed E-state index contributed by atoms with van der Waals surface area (Å²) in [5, 5.41) is 3.14. The first-order valence-electron chi connectivity index (χ1n) is 5.13. The Morgan fingerprint density at radius 3 is 2.62 bits per heavy atom. The third kappa shape index (κ3) is 7.78. The van der Waals surface area contributed by atoms with Gasteiger partial charge in [0.15, 0.2) is 6.23 Å². The first-order valence-corrected chi connectivity index (χ1v) is 5.13. The van der Waals surface area contributed by atoms with Crippen molar-refractivity contribution in [3.8, 4) is 0 Å². The SMILES string of the molecule is CCCCCNC(C)OC(=O)CC. The molecule has 3 heteroatoms. The molecule has 0 aromatic heterocycles. The molecule has 3 nitrogen and oxygen atoms in total. The number of rotatable bonds is 7. The number of esters is 1. The summed E-state index contributed by atoms with van der Waals surface area (Å²) in [7, 11) is 0. The second-order valence-electron chi connectivity index (χ2n) is 3.15. The molecule has 0 amide bonds. The molecule has 0 rings (SSSR count). The average Bonchev–Trinajstić information content (AvgIpc) is 2.12. The lowest BCUT2D eigenvalue weighted by Crippen LogP contribution is -2.31. The molecule has 0 aliphatic heterocycles. The summed E-state index contributed by atoms with van der Waals surface area (Å²) in [6, 6.07) is 0. The maximum atomic E-state index is 10.8. The second-order valence-corrected chi connectivity index (χ2v) is 3.15. The van der Waals surface area contributed by atoms with E-state index in [2.05, 4.69) is 12.2 Å². The topological polar surface area (TPSA) is 38.3 Å². The molecule has 78 valence electrons. The number of unbranched alkanes of at least 4 members (excludes halogenated alkanes) is 2. The molecule has 1 unspecified atom stereocenters. The third-order valence-electron chi connectivity index (χ3n) is 1.81. The van der Waals surface area contributed by atoms with Crippen LogP contribution in [0.25, 0.3) is 0 Å². The van der Waals surface area contributed by atoms with E-state index in [0.29, 0.717) is 6.42 Å². The van der Waals surface area contributed by atoms with Crippen LogP contribution in [0.15, 0.2) is 0 Å². The number of carbonyl (C=O) groups is 1. The van der Waals surface area contributed by atoms with Gasteiger partial charge in [0.2, 0.25) is 0 Å². The Morgan fingerprint density at radius 1 is 1.38 bits per heavy atom. The van der Waals surface area contributed by atoms with Crippen LogP contribution in [0.4, 0.5) is 0 Å². The molecule has 0 bridgehead atoms. The third-order valence-corrected chi connectivity index (χ3v) is 1.81. The van der Waals surface area contributed by atoms with Crippen LogP contribution in [-0.2, 0) is 9.53 Å². The van der Waals surface area contributed by atoms with Crippen LogP contribution in [0.2, 0.25) is 0 Å². The maximum absolute atomic E-state index is 10.8. The van der Waals surface area contributed by atoms with Crippen molar-refractivity contribution in [1.82, 2.24) is 5.32 Å². The van der Waals surface area contributed by atoms with Gasteiger partial charge in [-0.05, 0) is 19.9 Å². The van der Waals surface area contributed by atoms with Crippen LogP contribution in [0.1, 0.15) is 46.5 Å². The predicted octanol–water partition coefficient (Wildman–Crippen LogP) is 2.07. The highest BCUT2D eigenvalue weighted by Gasteiger charge is 2.04. The van der Waals surface area contributed by atoms with Crippen LogP contribution >= 0.6 is 0 Å². The Kier molecular flexibility index (Phi) is 7.69. The van der Waals surface area contributed by atoms with Crippen molar-refractivity contribution in [3.05, 3.63) is 0 Å². The van der Waals surface area contributed by atoms with Gasteiger partial charge in [0.1, 0.15) is 0 Å². The van der Waals surface area contributed by atoms with Crippen molar-refractivity contribution >= 4 is 5.97 Å². The van der Waals surface area contributed by atoms with Crippen molar-refractivity contribution < 1.29 is 9.53 Å². The van der Waals surface area contributed by atoms with E-state index in [1.165, 1.54) is 12.8 Å². The quantitative estimate of drug-likeness (QED) is 0.376. The van der Waals surface area contributed by atoms with Gasteiger partial charge in [0.05, 0.1) is 0 Å². The number of hydrogen-bond donors (Lipinski definition) is 1. The molecule has 1 N–H and O–H groups in total. The smallest absolute Gasteiger partial charge is 0.307 e. The first-order chi connectivity index (χ1) is 6.20. The molecule has 0 saturated heterocycles. The molecule has 13 heavy (non-hydrogen) atoms. The highest BCUT2D eigenvalue weighted by Crippen LogP contribution is 1.94. The molecule has 0 radical (unpaired) electrons. The van der Waals surface area contributed by atoms with E-state index in [4.69, 9.17) is 4.74 Å². The zero-order valence-corrected chi connectivity index (χ0v) is 8.93. The zero-order chi connectivity index (χ0) is 10.1. The molecule has 0 aromatic carbocycles. The van der Waals surface area contributed by atoms with E-state index in [-0.39, 0.29) is 12.2 Å². The van der Waals surface area contributed by atoms with E-state index < -0.39 is 0 Å². The second kappa shape index (κ2) is 8.05. The van der Waals surface area contributed by atoms with Crippen molar-refractivity contribution in [1.29, 1.82) is 0 Å². The molecule has 0 spiro atoms. The maximum Gasteiger partial charge on any atom is 0.307 e. The Labute approximate surface area is 80.8 Å². The Morgan fingerprint density at radius 2 is 2.08 bits per heavy atom. The van der Waals surface area contributed by atoms with Gasteiger partial charge >= 0.3 is 5.97 Å². The van der Waals surface area contributed by atoms with E-state index in [9.17, 15) is 4.79 Å². The molecule has 0 fully saturated rings. The van der Waals surface area contributed by atoms with Crippen molar-refractivity contribution in [2.75, 3.05) is 6.54 Å². The summed E-state index contributed by atoms with van der Waals surface area (Å²) in [6.45, 7) is 6.75. The van der Waals surface area contributed by atoms with Gasteiger partial charge < -0.3 is 4.74 Å². The Balaban J connectivity index is 3.29. The van der Waals surface area contributed by atoms with Crippen molar-refractivity contribution in [2.24, 2.45) is 0 Å². The van der Waals surface area contributed by atoms with Crippen molar-refractivity contribution in [2.45, 2.75) is 52.7 Å². The van der Waals surface area contributed by atoms with E-state index in [1.807, 2.05) is 6.92 Å². The lowest BCUT2D eigenvalue weighted by molar-refractivity contribution is -0.149. The minimum atomic E-state index is -0.149. The highest BCUT2D eigenvalue weighted by molar-refractivity contribution is 5.68. The number of hydrogen-bond acceptors (Lipinski definition) is 3. The van der Waals surface area contributed by atoms with Crippen LogP contribution < -0.4 is 5.32 Å². The molecule has 0 aliphatic carbocycles. The summed E-state index contributed by atoms with van der Waals surface area (Å²) >= 11 is 0. The van der Waals surface area contributed by atoms with Crippen LogP contribution in [0.5, 0.6) is 0 Å². The van der Waals surface area contributed by atoms with Crippen molar-refractivity contribution in [3.63, 3.8) is 0 Å². The average molecular weight is 187 g/mol. The van der Waals surface area contributed by atoms with Crippen LogP contribution in [0, 0.1) is 0 Å². The zero-order valence-electron chi connectivity index (χ0n) is 8.93. The lowest BCUT2D eigenvalue weighted by atomic mass is 10.2. The van der Waals surface area contributed by atoms with Gasteiger partial charge in [-0.1, -0.05) is 26.7 Å². The minimum Gasteiger partial charge on any atom is -0.447 e. The van der Waals surface area contributed by atoms with Gasteiger partial charge in [-0.25, -0.2) is 0 Å². The van der Waals surface area contributed by atoms with E-state index >= 15 is 0 Å². The molecular formula is C10H21NO2. The lowest BCUT2D eigenvalue weighted by Gasteiger charge is -2.13. The molecule has 0 aliphatic rings. The summed E-state index contributed by atoms with van der Waals surface area (Å²) in [6.07, 6.45) is 3.88. The van der Waals surface area contributed by atoms with E-state index in [0.717, 1.165) is 13.0 Å². The Hall–Kier alpha value is -0.570. The standard InChI is InChI=1S/C10H21NO2/c1-4-6-7-8-11-9(3)13-10(12)5-2/h9,11H,4-8H2,1-3H3. The molecule has 0 heterocycles.